The van der Waals surface area contributed by atoms with Gasteiger partial charge in [0.25, 0.3) is 0 Å². The van der Waals surface area contributed by atoms with Crippen molar-refractivity contribution in [3.05, 3.63) is 23.8 Å². The smallest absolute Gasteiger partial charge is 0.308 e. The minimum absolute atomic E-state index is 0.00788. The summed E-state index contributed by atoms with van der Waals surface area (Å²) in [6.07, 6.45) is -8.53. The number of ether oxygens (including phenoxy) is 11. The van der Waals surface area contributed by atoms with Gasteiger partial charge in [0, 0.05) is 58.0 Å². The molecule has 0 saturated carbocycles. The van der Waals surface area contributed by atoms with Crippen LogP contribution >= 0.6 is 0 Å². The maximum atomic E-state index is 13.8. The Morgan fingerprint density at radius 1 is 0.833 bits per heavy atom. The Kier molecular flexibility index (Phi) is 27.0. The molecule has 0 spiro atoms. The van der Waals surface area contributed by atoms with Gasteiger partial charge in [0.05, 0.1) is 55.2 Å². The highest BCUT2D eigenvalue weighted by atomic mass is 16.7. The summed E-state index contributed by atoms with van der Waals surface area (Å²) >= 11 is 0. The van der Waals surface area contributed by atoms with Crippen LogP contribution in [0.2, 0.25) is 0 Å². The molecule has 5 N–H and O–H groups in total. The Bertz CT molecular complexity index is 1680. The van der Waals surface area contributed by atoms with Crippen LogP contribution in [-0.2, 0) is 66.5 Å². The van der Waals surface area contributed by atoms with Gasteiger partial charge in [0.2, 0.25) is 0 Å². The molecule has 0 aromatic carbocycles. The highest BCUT2D eigenvalue weighted by molar-refractivity contribution is 5.91. The number of rotatable bonds is 17. The van der Waals surface area contributed by atoms with Crippen molar-refractivity contribution >= 4 is 18.0 Å². The van der Waals surface area contributed by atoms with Crippen molar-refractivity contribution in [1.29, 1.82) is 0 Å². The lowest BCUT2D eigenvalue weighted by molar-refractivity contribution is -0.341. The first-order chi connectivity index (χ1) is 33.9. The minimum atomic E-state index is -1.49. The largest absolute Gasteiger partial charge is 0.462 e. The number of aliphatic hydroxyl groups is 5. The summed E-state index contributed by atoms with van der Waals surface area (Å²) < 4.78 is 64.8. The van der Waals surface area contributed by atoms with Gasteiger partial charge >= 0.3 is 5.97 Å². The number of methoxy groups -OCH3 is 2. The summed E-state index contributed by atoms with van der Waals surface area (Å²) in [7, 11) is 6.43. The predicted molar refractivity (Wildman–Crippen MR) is 263 cm³/mol. The third kappa shape index (κ3) is 17.9. The van der Waals surface area contributed by atoms with Crippen molar-refractivity contribution in [3.63, 3.8) is 0 Å². The van der Waals surface area contributed by atoms with Crippen LogP contribution in [0.3, 0.4) is 0 Å². The van der Waals surface area contributed by atoms with E-state index in [0.717, 1.165) is 19.5 Å². The number of carbonyl (C=O) groups is 3. The van der Waals surface area contributed by atoms with Crippen LogP contribution in [0.1, 0.15) is 108 Å². The van der Waals surface area contributed by atoms with E-state index >= 15 is 0 Å². The molecule has 0 aliphatic carbocycles. The summed E-state index contributed by atoms with van der Waals surface area (Å²) in [5, 5.41) is 55.8. The fraction of sp³-hybridized carbons (Fsp3) is 0.865. The molecule has 4 aliphatic rings. The summed E-state index contributed by atoms with van der Waals surface area (Å²) in [6.45, 7) is 20.9. The van der Waals surface area contributed by atoms with Crippen molar-refractivity contribution in [2.24, 2.45) is 23.7 Å². The van der Waals surface area contributed by atoms with Crippen LogP contribution in [0.5, 0.6) is 0 Å². The molecule has 0 amide bonds. The molecule has 3 fully saturated rings. The number of nitrogens with zero attached hydrogens (tertiary/aromatic N) is 1. The summed E-state index contributed by atoms with van der Waals surface area (Å²) in [5.41, 5.74) is -0.806. The van der Waals surface area contributed by atoms with E-state index < -0.39 is 140 Å². The lowest BCUT2D eigenvalue weighted by atomic mass is 9.79. The number of ketones is 1. The lowest BCUT2D eigenvalue weighted by Crippen LogP contribution is -2.65. The van der Waals surface area contributed by atoms with Crippen molar-refractivity contribution in [3.8, 4) is 0 Å². The fourth-order valence-corrected chi connectivity index (χ4v) is 10.0. The van der Waals surface area contributed by atoms with Crippen molar-refractivity contribution in [2.45, 2.75) is 218 Å². The molecule has 20 nitrogen and oxygen atoms in total. The first-order valence-corrected chi connectivity index (χ1v) is 25.7. The molecule has 1 unspecified atom stereocenters. The van der Waals surface area contributed by atoms with Crippen LogP contribution in [0.15, 0.2) is 23.8 Å². The van der Waals surface area contributed by atoms with E-state index in [9.17, 15) is 39.9 Å². The molecule has 4 aliphatic heterocycles. The Hall–Kier alpha value is -2.35. The molecule has 418 valence electrons. The third-order valence-corrected chi connectivity index (χ3v) is 14.2. The number of carbonyl (C=O) groups excluding carboxylic acids is 3. The zero-order valence-corrected chi connectivity index (χ0v) is 45.5. The van der Waals surface area contributed by atoms with E-state index in [1.54, 1.807) is 59.7 Å². The Morgan fingerprint density at radius 2 is 1.46 bits per heavy atom. The first kappa shape index (κ1) is 63.9. The molecule has 21 atom stereocenters. The summed E-state index contributed by atoms with van der Waals surface area (Å²) in [5.74, 6) is -3.59. The van der Waals surface area contributed by atoms with Gasteiger partial charge in [-0.2, -0.15) is 0 Å². The van der Waals surface area contributed by atoms with Crippen LogP contribution in [0.4, 0.5) is 0 Å². The summed E-state index contributed by atoms with van der Waals surface area (Å²) in [6, 6.07) is -0.748. The molecule has 4 heterocycles. The molecule has 72 heavy (non-hydrogen) atoms. The number of esters is 1. The summed E-state index contributed by atoms with van der Waals surface area (Å²) in [4.78, 5) is 41.5. The van der Waals surface area contributed by atoms with Crippen molar-refractivity contribution in [1.82, 2.24) is 4.90 Å². The van der Waals surface area contributed by atoms with Gasteiger partial charge < -0.3 is 87.3 Å². The molecule has 20 heteroatoms. The van der Waals surface area contributed by atoms with Gasteiger partial charge in [0.1, 0.15) is 49.0 Å². The number of allylic oxidation sites excluding steroid dienone is 3. The van der Waals surface area contributed by atoms with Crippen LogP contribution < -0.4 is 0 Å². The fourth-order valence-electron chi connectivity index (χ4n) is 10.0. The molecular weight excluding hydrogens is 943 g/mol. The van der Waals surface area contributed by atoms with Gasteiger partial charge in [-0.25, -0.2) is 0 Å². The Labute approximate surface area is 427 Å². The molecular formula is C52H91NO19. The van der Waals surface area contributed by atoms with Crippen LogP contribution in [-0.4, -0.2) is 207 Å². The lowest BCUT2D eigenvalue weighted by Gasteiger charge is -2.50. The van der Waals surface area contributed by atoms with Gasteiger partial charge in [-0.1, -0.05) is 38.5 Å². The highest BCUT2D eigenvalue weighted by Gasteiger charge is 2.52. The Morgan fingerprint density at radius 3 is 2.01 bits per heavy atom. The van der Waals surface area contributed by atoms with E-state index in [1.807, 2.05) is 40.7 Å². The molecule has 0 aromatic heterocycles. The normalized spacial score (nSPS) is 42.0. The number of aldehydes is 1. The minimum Gasteiger partial charge on any atom is -0.462 e. The van der Waals surface area contributed by atoms with E-state index in [0.29, 0.717) is 12.0 Å². The number of aliphatic hydroxyl groups excluding tert-OH is 4. The van der Waals surface area contributed by atoms with Crippen molar-refractivity contribution in [2.75, 3.05) is 48.1 Å². The standard InChI is InChI=1S/C46H77NO17.C6H14O2/c1-13-33-30(22-58-45-42(57-12)41(56-11)37(52)26(5)60-45)18-23(2)14-15-31(49)24(3)19-29(16-17-48)39(25(4)32(50)20-34(51)62-33)64-44-38(53)36(47(9)10)40(27(6)61-44)63-35-21-46(8,55)43(54)28(7)59-35;1-4-7-6(3)8-5-2/h14-15,17-18,24-30,32-33,35-45,50,52-55H,13,16,19-22H2,1-12H3;6H,4-5H2,1-3H3/b15-14+,23-18+;/t24-,25+,26-,27-,28+,29+,30?,32-,33-,35+,36-,37-,38-,39-,40-,41-,42-,43+,44+,45-,46-;/m1./s1. The van der Waals surface area contributed by atoms with Gasteiger partial charge in [-0.15, -0.1) is 0 Å². The highest BCUT2D eigenvalue weighted by Crippen LogP contribution is 2.37. The maximum absolute atomic E-state index is 13.8. The van der Waals surface area contributed by atoms with E-state index in [1.165, 1.54) is 27.2 Å². The predicted octanol–water partition coefficient (Wildman–Crippen LogP) is 3.24. The number of hydrogen-bond donors (Lipinski definition) is 5. The number of hydrogen-bond acceptors (Lipinski definition) is 20. The number of likely N-dealkylation sites (N-methyl/N-ethyl adjacent to an activating group) is 1. The Balaban J connectivity index is 0.00000157. The molecule has 0 aromatic rings. The average Bonchev–Trinajstić information content (AvgIpc) is 3.31. The van der Waals surface area contributed by atoms with E-state index in [4.69, 9.17) is 52.1 Å². The second-order valence-corrected chi connectivity index (χ2v) is 20.2. The SMILES string of the molecule is CCOC(C)OCC.CC[C@H]1OC(=O)C[C@@H](O)[C@H](C)[C@@H](O[C@@H]2O[C@H](C)[C@@H](O[C@H]3C[C@@](C)(O)[C@@H](O)[C@H](C)O3)[C@H](N(C)C)[C@H]2O)[C@@H](CC=O)C[C@@H](C)C(=O)/C=C/C(C)=C/C1CO[C@@H]1O[C@H](C)[C@@H](O)[C@@H](OC)[C@H]1OC. The topological polar surface area (TPSA) is 257 Å². The van der Waals surface area contributed by atoms with Gasteiger partial charge in [-0.05, 0) is 94.3 Å². The second-order valence-electron chi connectivity index (χ2n) is 20.2. The first-order valence-electron chi connectivity index (χ1n) is 25.7. The molecule has 0 bridgehead atoms. The second kappa shape index (κ2) is 30.4. The van der Waals surface area contributed by atoms with Crippen LogP contribution in [0.25, 0.3) is 0 Å². The third-order valence-electron chi connectivity index (χ3n) is 14.2. The van der Waals surface area contributed by atoms with Crippen molar-refractivity contribution < 1.29 is 92.0 Å². The zero-order chi connectivity index (χ0) is 54.2. The number of cyclic esters (lactones) is 1. The van der Waals surface area contributed by atoms with Gasteiger partial charge in [0.15, 0.2) is 30.9 Å². The monoisotopic (exact) mass is 1030 g/mol. The zero-order valence-electron chi connectivity index (χ0n) is 45.5. The molecule has 3 saturated heterocycles. The average molecular weight is 1030 g/mol. The molecule has 0 radical (unpaired) electrons. The molecule has 4 rings (SSSR count). The van der Waals surface area contributed by atoms with E-state index in [2.05, 4.69) is 0 Å². The van der Waals surface area contributed by atoms with Crippen LogP contribution in [0, 0.1) is 23.7 Å². The van der Waals surface area contributed by atoms with Gasteiger partial charge in [-0.3, -0.25) is 9.59 Å². The van der Waals surface area contributed by atoms with E-state index in [-0.39, 0.29) is 37.9 Å². The quantitative estimate of drug-likeness (QED) is 0.0796. The maximum Gasteiger partial charge on any atom is 0.308 e.